The summed E-state index contributed by atoms with van der Waals surface area (Å²) in [5, 5.41) is 2.79. The monoisotopic (exact) mass is 360 g/mol. The minimum Gasteiger partial charge on any atom is -0.354 e. The Morgan fingerprint density at radius 1 is 1.04 bits per heavy atom. The summed E-state index contributed by atoms with van der Waals surface area (Å²) in [6.07, 6.45) is 0.0954. The van der Waals surface area contributed by atoms with Crippen molar-refractivity contribution in [3.05, 3.63) is 60.2 Å². The molecule has 0 unspecified atom stereocenters. The van der Waals surface area contributed by atoms with Crippen molar-refractivity contribution in [2.45, 2.75) is 38.1 Å². The number of benzene rings is 2. The molecule has 0 spiro atoms. The van der Waals surface area contributed by atoms with Crippen LogP contribution in [0.25, 0.3) is 0 Å². The maximum absolute atomic E-state index is 13.1. The van der Waals surface area contributed by atoms with Gasteiger partial charge < -0.3 is 5.32 Å². The number of carbonyl (C=O) groups is 1. The van der Waals surface area contributed by atoms with Gasteiger partial charge >= 0.3 is 0 Å². The number of hydrogen-bond donors (Lipinski definition) is 1. The molecule has 0 aromatic heterocycles. The number of anilines is 1. The smallest absolute Gasteiger partial charge is 0.264 e. The molecule has 1 amide bonds. The van der Waals surface area contributed by atoms with Gasteiger partial charge in [-0.2, -0.15) is 0 Å². The van der Waals surface area contributed by atoms with E-state index in [-0.39, 0.29) is 29.8 Å². The van der Waals surface area contributed by atoms with Crippen molar-refractivity contribution >= 4 is 21.6 Å². The number of aryl methyl sites for hydroxylation is 1. The Balaban J connectivity index is 2.31. The van der Waals surface area contributed by atoms with Crippen LogP contribution in [0.1, 0.15) is 25.8 Å². The third-order valence-electron chi connectivity index (χ3n) is 3.64. The summed E-state index contributed by atoms with van der Waals surface area (Å²) in [6, 6.07) is 15.6. The number of carbonyl (C=O) groups excluding carboxylic acids is 1. The molecule has 0 aliphatic carbocycles. The van der Waals surface area contributed by atoms with E-state index in [1.807, 2.05) is 26.8 Å². The molecule has 5 nitrogen and oxygen atoms in total. The molecule has 6 heteroatoms. The Morgan fingerprint density at radius 3 is 2.20 bits per heavy atom. The van der Waals surface area contributed by atoms with Crippen LogP contribution in [0.15, 0.2) is 59.5 Å². The van der Waals surface area contributed by atoms with E-state index in [2.05, 4.69) is 5.32 Å². The predicted molar refractivity (Wildman–Crippen MR) is 100 cm³/mol. The zero-order valence-corrected chi connectivity index (χ0v) is 15.6. The molecule has 0 fully saturated rings. The lowest BCUT2D eigenvalue weighted by Gasteiger charge is -2.24. The minimum absolute atomic E-state index is 0.0198. The average molecular weight is 360 g/mol. The number of nitrogens with one attached hydrogen (secondary N) is 1. The Kier molecular flexibility index (Phi) is 6.20. The molecule has 134 valence electrons. The fraction of sp³-hybridized carbons (Fsp3) is 0.316. The van der Waals surface area contributed by atoms with Crippen LogP contribution in [0.4, 0.5) is 5.69 Å². The second-order valence-corrected chi connectivity index (χ2v) is 8.06. The van der Waals surface area contributed by atoms with E-state index >= 15 is 0 Å². The SMILES string of the molecule is Cc1ccc(S(=O)(=O)N(CCC(=O)NC(C)C)c2ccccc2)cc1. The van der Waals surface area contributed by atoms with E-state index < -0.39 is 10.0 Å². The largest absolute Gasteiger partial charge is 0.354 e. The summed E-state index contributed by atoms with van der Waals surface area (Å²) in [7, 11) is -3.74. The zero-order valence-electron chi connectivity index (χ0n) is 14.8. The minimum atomic E-state index is -3.74. The predicted octanol–water partition coefficient (Wildman–Crippen LogP) is 3.11. The van der Waals surface area contributed by atoms with Crippen LogP contribution >= 0.6 is 0 Å². The number of para-hydroxylation sites is 1. The van der Waals surface area contributed by atoms with Gasteiger partial charge in [0.25, 0.3) is 10.0 Å². The van der Waals surface area contributed by atoms with Crippen molar-refractivity contribution in [3.8, 4) is 0 Å². The summed E-state index contributed by atoms with van der Waals surface area (Å²) >= 11 is 0. The standard InChI is InChI=1S/C19H24N2O3S/c1-15(2)20-19(22)13-14-21(17-7-5-4-6-8-17)25(23,24)18-11-9-16(3)10-12-18/h4-12,15H,13-14H2,1-3H3,(H,20,22). The first kappa shape index (κ1) is 19.0. The third kappa shape index (κ3) is 5.06. The molecule has 2 aromatic carbocycles. The second kappa shape index (κ2) is 8.16. The topological polar surface area (TPSA) is 66.5 Å². The van der Waals surface area contributed by atoms with Crippen LogP contribution in [-0.4, -0.2) is 26.9 Å². The molecule has 1 N–H and O–H groups in total. The van der Waals surface area contributed by atoms with Crippen molar-refractivity contribution < 1.29 is 13.2 Å². The van der Waals surface area contributed by atoms with Gasteiger partial charge in [-0.05, 0) is 45.0 Å². The summed E-state index contributed by atoms with van der Waals surface area (Å²) in [4.78, 5) is 12.2. The first-order valence-electron chi connectivity index (χ1n) is 8.24. The van der Waals surface area contributed by atoms with Gasteiger partial charge in [0.15, 0.2) is 0 Å². The molecule has 0 atom stereocenters. The molecule has 0 bridgehead atoms. The zero-order chi connectivity index (χ0) is 18.4. The van der Waals surface area contributed by atoms with E-state index in [1.165, 1.54) is 4.31 Å². The van der Waals surface area contributed by atoms with Gasteiger partial charge in [-0.1, -0.05) is 35.9 Å². The molecular weight excluding hydrogens is 336 g/mol. The number of sulfonamides is 1. The maximum Gasteiger partial charge on any atom is 0.264 e. The Bertz CT molecular complexity index is 800. The highest BCUT2D eigenvalue weighted by molar-refractivity contribution is 7.92. The summed E-state index contributed by atoms with van der Waals surface area (Å²) in [5.74, 6) is -0.171. The highest BCUT2D eigenvalue weighted by atomic mass is 32.2. The normalized spacial score (nSPS) is 11.4. The molecular formula is C19H24N2O3S. The molecule has 0 saturated heterocycles. The average Bonchev–Trinajstić information content (AvgIpc) is 2.55. The van der Waals surface area contributed by atoms with Gasteiger partial charge in [-0.15, -0.1) is 0 Å². The molecule has 2 rings (SSSR count). The summed E-state index contributed by atoms with van der Waals surface area (Å²) in [5.41, 5.74) is 1.53. The maximum atomic E-state index is 13.1. The van der Waals surface area contributed by atoms with Crippen LogP contribution < -0.4 is 9.62 Å². The molecule has 0 aliphatic rings. The van der Waals surface area contributed by atoms with Crippen LogP contribution in [-0.2, 0) is 14.8 Å². The van der Waals surface area contributed by atoms with E-state index in [9.17, 15) is 13.2 Å². The van der Waals surface area contributed by atoms with Gasteiger partial charge in [0.05, 0.1) is 10.6 Å². The molecule has 25 heavy (non-hydrogen) atoms. The van der Waals surface area contributed by atoms with E-state index in [0.29, 0.717) is 5.69 Å². The lowest BCUT2D eigenvalue weighted by molar-refractivity contribution is -0.121. The van der Waals surface area contributed by atoms with Gasteiger partial charge in [0.2, 0.25) is 5.91 Å². The first-order chi connectivity index (χ1) is 11.8. The quantitative estimate of drug-likeness (QED) is 0.825. The highest BCUT2D eigenvalue weighted by Gasteiger charge is 2.25. The Hall–Kier alpha value is -2.34. The van der Waals surface area contributed by atoms with Crippen LogP contribution in [0.2, 0.25) is 0 Å². The highest BCUT2D eigenvalue weighted by Crippen LogP contribution is 2.24. The Labute approximate surface area is 149 Å². The lowest BCUT2D eigenvalue weighted by atomic mass is 10.2. The fourth-order valence-corrected chi connectivity index (χ4v) is 3.88. The Morgan fingerprint density at radius 2 is 1.64 bits per heavy atom. The van der Waals surface area contributed by atoms with Crippen molar-refractivity contribution in [2.75, 3.05) is 10.8 Å². The number of hydrogen-bond acceptors (Lipinski definition) is 3. The summed E-state index contributed by atoms with van der Waals surface area (Å²) in [6.45, 7) is 5.73. The van der Waals surface area contributed by atoms with Crippen LogP contribution in [0.3, 0.4) is 0 Å². The van der Waals surface area contributed by atoms with Gasteiger partial charge in [0, 0.05) is 19.0 Å². The molecule has 0 saturated carbocycles. The number of nitrogens with zero attached hydrogens (tertiary/aromatic N) is 1. The molecule has 2 aromatic rings. The number of amides is 1. The van der Waals surface area contributed by atoms with E-state index in [1.54, 1.807) is 48.5 Å². The molecule has 0 heterocycles. The van der Waals surface area contributed by atoms with Crippen LogP contribution in [0.5, 0.6) is 0 Å². The molecule has 0 radical (unpaired) electrons. The van der Waals surface area contributed by atoms with Crippen molar-refractivity contribution in [1.29, 1.82) is 0 Å². The van der Waals surface area contributed by atoms with E-state index in [0.717, 1.165) is 5.56 Å². The van der Waals surface area contributed by atoms with Gasteiger partial charge in [-0.25, -0.2) is 8.42 Å². The first-order valence-corrected chi connectivity index (χ1v) is 9.68. The number of rotatable bonds is 7. The fourth-order valence-electron chi connectivity index (χ4n) is 2.42. The van der Waals surface area contributed by atoms with Crippen LogP contribution in [0, 0.1) is 6.92 Å². The second-order valence-electron chi connectivity index (χ2n) is 6.20. The van der Waals surface area contributed by atoms with Crippen molar-refractivity contribution in [2.24, 2.45) is 0 Å². The third-order valence-corrected chi connectivity index (χ3v) is 5.49. The van der Waals surface area contributed by atoms with Crippen molar-refractivity contribution in [3.63, 3.8) is 0 Å². The van der Waals surface area contributed by atoms with Gasteiger partial charge in [0.1, 0.15) is 0 Å². The van der Waals surface area contributed by atoms with E-state index in [4.69, 9.17) is 0 Å². The van der Waals surface area contributed by atoms with Gasteiger partial charge in [-0.3, -0.25) is 9.10 Å². The summed E-state index contributed by atoms with van der Waals surface area (Å²) < 4.78 is 27.4. The lowest BCUT2D eigenvalue weighted by Crippen LogP contribution is -2.37. The van der Waals surface area contributed by atoms with Crippen molar-refractivity contribution in [1.82, 2.24) is 5.32 Å². The molecule has 0 aliphatic heterocycles.